The fourth-order valence-corrected chi connectivity index (χ4v) is 0.783. The van der Waals surface area contributed by atoms with Crippen LogP contribution in [0.2, 0.25) is 0 Å². The Morgan fingerprint density at radius 2 is 1.90 bits per heavy atom. The highest BCUT2D eigenvalue weighted by molar-refractivity contribution is 5.20. The minimum Gasteiger partial charge on any atom is -0.155 e. The lowest BCUT2D eigenvalue weighted by atomic mass is 10.2. The molecule has 1 aromatic rings. The van der Waals surface area contributed by atoms with Gasteiger partial charge >= 0.3 is 0 Å². The number of hydrogen-bond acceptors (Lipinski definition) is 1. The van der Waals surface area contributed by atoms with E-state index in [-0.39, 0.29) is 0 Å². The van der Waals surface area contributed by atoms with Crippen LogP contribution in [0.5, 0.6) is 0 Å². The van der Waals surface area contributed by atoms with Crippen molar-refractivity contribution >= 4 is 0 Å². The first kappa shape index (κ1) is 7.22. The van der Waals surface area contributed by atoms with Gasteiger partial charge in [0.25, 0.3) is 0 Å². The Morgan fingerprint density at radius 3 is 2.40 bits per heavy atom. The lowest BCUT2D eigenvalue weighted by molar-refractivity contribution is 0.330. The van der Waals surface area contributed by atoms with Crippen LogP contribution in [0.1, 0.15) is 11.1 Å². The van der Waals surface area contributed by atoms with Gasteiger partial charge in [0, 0.05) is 0 Å². The summed E-state index contributed by atoms with van der Waals surface area (Å²) in [6.45, 7) is 2.30. The molecule has 0 aliphatic heterocycles. The molecule has 0 radical (unpaired) electrons. The van der Waals surface area contributed by atoms with Crippen molar-refractivity contribution in [2.75, 3.05) is 0 Å². The van der Waals surface area contributed by atoms with E-state index in [1.54, 1.807) is 5.54 Å². The molecule has 0 spiro atoms. The van der Waals surface area contributed by atoms with Gasteiger partial charge in [-0.3, -0.25) is 0 Å². The summed E-state index contributed by atoms with van der Waals surface area (Å²) >= 11 is 0. The van der Waals surface area contributed by atoms with Gasteiger partial charge in [0.2, 0.25) is 0 Å². The molecular weight excluding hydrogens is 129 g/mol. The van der Waals surface area contributed by atoms with Gasteiger partial charge in [-0.1, -0.05) is 29.8 Å². The van der Waals surface area contributed by atoms with Gasteiger partial charge < -0.3 is 0 Å². The molecule has 0 aliphatic rings. The minimum atomic E-state index is 0.292. The zero-order valence-electron chi connectivity index (χ0n) is 5.89. The molecule has 0 atom stereocenters. The first-order chi connectivity index (χ1) is 4.83. The summed E-state index contributed by atoms with van der Waals surface area (Å²) in [6.07, 6.45) is 0. The molecule has 0 aliphatic carbocycles. The number of halogens is 1. The van der Waals surface area contributed by atoms with E-state index < -0.39 is 0 Å². The van der Waals surface area contributed by atoms with Crippen molar-refractivity contribution < 1.29 is 4.48 Å². The molecule has 0 saturated heterocycles. The highest BCUT2D eigenvalue weighted by Gasteiger charge is 1.88. The van der Waals surface area contributed by atoms with E-state index in [2.05, 4.69) is 0 Å². The fraction of sp³-hybridized carbons (Fsp3) is 0.250. The number of benzene rings is 1. The van der Waals surface area contributed by atoms with Crippen LogP contribution in [-0.4, -0.2) is 0 Å². The highest BCUT2D eigenvalue weighted by Crippen LogP contribution is 2.01. The highest BCUT2D eigenvalue weighted by atomic mass is 19.2. The molecule has 0 saturated carbocycles. The zero-order valence-corrected chi connectivity index (χ0v) is 5.89. The van der Waals surface area contributed by atoms with Crippen molar-refractivity contribution in [1.82, 2.24) is 5.54 Å². The van der Waals surface area contributed by atoms with E-state index in [0.717, 1.165) is 5.56 Å². The third-order valence-electron chi connectivity index (χ3n) is 1.39. The monoisotopic (exact) mass is 139 g/mol. The molecule has 0 aromatic heterocycles. The van der Waals surface area contributed by atoms with E-state index >= 15 is 0 Å². The maximum Gasteiger partial charge on any atom is 0.0510 e. The predicted octanol–water partition coefficient (Wildman–Crippen LogP) is 1.97. The largest absolute Gasteiger partial charge is 0.155 e. The smallest absolute Gasteiger partial charge is 0.0510 e. The molecule has 2 heteroatoms. The quantitative estimate of drug-likeness (QED) is 0.618. The normalized spacial score (nSPS) is 9.80. The first-order valence-corrected chi connectivity index (χ1v) is 3.22. The summed E-state index contributed by atoms with van der Waals surface area (Å²) in [5.41, 5.74) is 3.77. The Bertz CT molecular complexity index is 193. The maximum absolute atomic E-state index is 11.5. The Labute approximate surface area is 59.8 Å². The SMILES string of the molecule is Cc1ccc(CNF)cc1. The van der Waals surface area contributed by atoms with E-state index in [0.29, 0.717) is 6.54 Å². The molecule has 0 amide bonds. The topological polar surface area (TPSA) is 12.0 Å². The summed E-state index contributed by atoms with van der Waals surface area (Å²) in [4.78, 5) is 0. The van der Waals surface area contributed by atoms with Crippen molar-refractivity contribution in [1.29, 1.82) is 0 Å². The Balaban J connectivity index is 2.69. The second-order valence-electron chi connectivity index (χ2n) is 2.30. The van der Waals surface area contributed by atoms with Crippen molar-refractivity contribution in [2.24, 2.45) is 0 Å². The number of nitrogens with one attached hydrogen (secondary N) is 1. The van der Waals surface area contributed by atoms with Gasteiger partial charge in [-0.2, -0.15) is 5.54 Å². The molecule has 0 fully saturated rings. The Kier molecular flexibility index (Phi) is 2.40. The van der Waals surface area contributed by atoms with Crippen LogP contribution in [0.25, 0.3) is 0 Å². The van der Waals surface area contributed by atoms with Crippen LogP contribution in [-0.2, 0) is 6.54 Å². The van der Waals surface area contributed by atoms with E-state index in [1.807, 2.05) is 31.2 Å². The number of rotatable bonds is 2. The van der Waals surface area contributed by atoms with Crippen molar-refractivity contribution in [2.45, 2.75) is 13.5 Å². The van der Waals surface area contributed by atoms with Gasteiger partial charge in [-0.05, 0) is 12.5 Å². The third-order valence-corrected chi connectivity index (χ3v) is 1.39. The van der Waals surface area contributed by atoms with Crippen molar-refractivity contribution in [3.8, 4) is 0 Å². The molecule has 1 aromatic carbocycles. The molecule has 1 nitrogen and oxygen atoms in total. The fourth-order valence-electron chi connectivity index (χ4n) is 0.783. The van der Waals surface area contributed by atoms with Crippen LogP contribution >= 0.6 is 0 Å². The van der Waals surface area contributed by atoms with Crippen molar-refractivity contribution in [3.63, 3.8) is 0 Å². The second-order valence-corrected chi connectivity index (χ2v) is 2.30. The summed E-state index contributed by atoms with van der Waals surface area (Å²) in [7, 11) is 0. The van der Waals surface area contributed by atoms with E-state index in [1.165, 1.54) is 5.56 Å². The first-order valence-electron chi connectivity index (χ1n) is 3.22. The standard InChI is InChI=1S/C8H10FN/c1-7-2-4-8(5-3-7)6-10-9/h2-5,10H,6H2,1H3. The summed E-state index contributed by atoms with van der Waals surface area (Å²) in [6, 6.07) is 7.74. The molecule has 54 valence electrons. The number of aryl methyl sites for hydroxylation is 1. The van der Waals surface area contributed by atoms with Crippen LogP contribution < -0.4 is 5.54 Å². The molecular formula is C8H10FN. The van der Waals surface area contributed by atoms with Crippen LogP contribution in [0.3, 0.4) is 0 Å². The molecule has 0 unspecified atom stereocenters. The number of hydrogen-bond donors (Lipinski definition) is 1. The maximum atomic E-state index is 11.5. The molecule has 0 heterocycles. The predicted molar refractivity (Wildman–Crippen MR) is 39.1 cm³/mol. The molecule has 1 rings (SSSR count). The summed E-state index contributed by atoms with van der Waals surface area (Å²) in [5.74, 6) is 0. The molecule has 10 heavy (non-hydrogen) atoms. The van der Waals surface area contributed by atoms with Gasteiger partial charge in [-0.25, -0.2) is 0 Å². The lowest BCUT2D eigenvalue weighted by Crippen LogP contribution is -1.98. The molecule has 0 bridgehead atoms. The zero-order chi connectivity index (χ0) is 7.40. The summed E-state index contributed by atoms with van der Waals surface area (Å²) < 4.78 is 11.5. The summed E-state index contributed by atoms with van der Waals surface area (Å²) in [5, 5.41) is 0. The van der Waals surface area contributed by atoms with Gasteiger partial charge in [0.15, 0.2) is 0 Å². The lowest BCUT2D eigenvalue weighted by Gasteiger charge is -1.96. The van der Waals surface area contributed by atoms with Crippen LogP contribution in [0.4, 0.5) is 4.48 Å². The van der Waals surface area contributed by atoms with E-state index in [4.69, 9.17) is 0 Å². The third kappa shape index (κ3) is 1.81. The van der Waals surface area contributed by atoms with Gasteiger partial charge in [0.05, 0.1) is 6.54 Å². The van der Waals surface area contributed by atoms with Crippen LogP contribution in [0, 0.1) is 6.92 Å². The van der Waals surface area contributed by atoms with Gasteiger partial charge in [-0.15, -0.1) is 4.48 Å². The van der Waals surface area contributed by atoms with Crippen LogP contribution in [0.15, 0.2) is 24.3 Å². The van der Waals surface area contributed by atoms with E-state index in [9.17, 15) is 4.48 Å². The van der Waals surface area contributed by atoms with Crippen molar-refractivity contribution in [3.05, 3.63) is 35.4 Å². The Morgan fingerprint density at radius 1 is 1.30 bits per heavy atom. The molecule has 1 N–H and O–H groups in total. The average Bonchev–Trinajstić information content (AvgIpc) is 1.95. The minimum absolute atomic E-state index is 0.292. The average molecular weight is 139 g/mol. The Hall–Kier alpha value is -0.890. The van der Waals surface area contributed by atoms with Gasteiger partial charge in [0.1, 0.15) is 0 Å². The second kappa shape index (κ2) is 3.32.